The molecule has 8 heteroatoms. The number of carbonyl (C=O) groups is 3. The zero-order valence-electron chi connectivity index (χ0n) is 11.7. The lowest BCUT2D eigenvalue weighted by atomic mass is 10.2. The molecule has 0 spiro atoms. The lowest BCUT2D eigenvalue weighted by Crippen LogP contribution is -2.39. The fourth-order valence-corrected chi connectivity index (χ4v) is 2.50. The summed E-state index contributed by atoms with van der Waals surface area (Å²) < 4.78 is 5.05. The number of rotatable bonds is 4. The Kier molecular flexibility index (Phi) is 5.26. The number of carbonyl (C=O) groups excluding carboxylic acids is 3. The summed E-state index contributed by atoms with van der Waals surface area (Å²) in [6, 6.07) is 3.89. The van der Waals surface area contributed by atoms with Crippen LogP contribution in [0.4, 0.5) is 5.69 Å². The summed E-state index contributed by atoms with van der Waals surface area (Å²) >= 11 is 11.7. The first-order valence-corrected chi connectivity index (χ1v) is 7.37. The Morgan fingerprint density at radius 3 is 2.50 bits per heavy atom. The van der Waals surface area contributed by atoms with Crippen molar-refractivity contribution in [2.24, 2.45) is 0 Å². The van der Waals surface area contributed by atoms with Gasteiger partial charge in [-0.15, -0.1) is 0 Å². The van der Waals surface area contributed by atoms with E-state index in [-0.39, 0.29) is 12.3 Å². The molecule has 2 N–H and O–H groups in total. The van der Waals surface area contributed by atoms with Crippen LogP contribution in [-0.4, -0.2) is 29.9 Å². The third kappa shape index (κ3) is 4.35. The molecule has 0 aromatic heterocycles. The van der Waals surface area contributed by atoms with Gasteiger partial charge in [0.1, 0.15) is 6.04 Å². The normalized spacial score (nSPS) is 18.5. The Morgan fingerprint density at radius 2 is 1.95 bits per heavy atom. The van der Waals surface area contributed by atoms with Gasteiger partial charge in [0.25, 0.3) is 5.91 Å². The standard InChI is InChI=1S/C14H14Cl2N2O4/c1-7(22-14(21)11-2-3-12(19)18-11)13(20)17-10-5-8(15)4-9(16)6-10/h4-7,11H,2-3H2,1H3,(H,17,20)(H,18,19)/t7-,11-/m1/s1. The highest BCUT2D eigenvalue weighted by Crippen LogP contribution is 2.22. The fraction of sp³-hybridized carbons (Fsp3) is 0.357. The van der Waals surface area contributed by atoms with Crippen molar-refractivity contribution in [3.05, 3.63) is 28.2 Å². The quantitative estimate of drug-likeness (QED) is 0.819. The molecular formula is C14H14Cl2N2O4. The van der Waals surface area contributed by atoms with Gasteiger partial charge in [0.2, 0.25) is 5.91 Å². The number of ether oxygens (including phenoxy) is 1. The zero-order chi connectivity index (χ0) is 16.3. The summed E-state index contributed by atoms with van der Waals surface area (Å²) in [7, 11) is 0. The molecule has 2 atom stereocenters. The largest absolute Gasteiger partial charge is 0.451 e. The van der Waals surface area contributed by atoms with E-state index in [0.717, 1.165) is 0 Å². The van der Waals surface area contributed by atoms with Crippen molar-refractivity contribution in [3.63, 3.8) is 0 Å². The maximum atomic E-state index is 12.0. The molecule has 2 amide bonds. The highest BCUT2D eigenvalue weighted by atomic mass is 35.5. The molecule has 1 saturated heterocycles. The van der Waals surface area contributed by atoms with Crippen molar-refractivity contribution in [2.75, 3.05) is 5.32 Å². The van der Waals surface area contributed by atoms with Gasteiger partial charge >= 0.3 is 5.97 Å². The van der Waals surface area contributed by atoms with Crippen LogP contribution in [0.2, 0.25) is 10.0 Å². The maximum absolute atomic E-state index is 12.0. The Hall–Kier alpha value is -1.79. The Bertz CT molecular complexity index is 601. The van der Waals surface area contributed by atoms with Gasteiger partial charge in [-0.1, -0.05) is 23.2 Å². The van der Waals surface area contributed by atoms with Gasteiger partial charge in [-0.05, 0) is 31.5 Å². The first-order chi connectivity index (χ1) is 10.3. The number of benzene rings is 1. The minimum Gasteiger partial charge on any atom is -0.451 e. The first-order valence-electron chi connectivity index (χ1n) is 6.62. The topological polar surface area (TPSA) is 84.5 Å². The van der Waals surface area contributed by atoms with Crippen LogP contribution in [0.15, 0.2) is 18.2 Å². The van der Waals surface area contributed by atoms with Crippen LogP contribution in [0.1, 0.15) is 19.8 Å². The second-order valence-electron chi connectivity index (χ2n) is 4.89. The smallest absolute Gasteiger partial charge is 0.329 e. The molecule has 6 nitrogen and oxygen atoms in total. The van der Waals surface area contributed by atoms with Gasteiger partial charge in [0.05, 0.1) is 0 Å². The fourth-order valence-electron chi connectivity index (χ4n) is 1.97. The summed E-state index contributed by atoms with van der Waals surface area (Å²) in [5.74, 6) is -1.35. The summed E-state index contributed by atoms with van der Waals surface area (Å²) in [6.07, 6.45) is -0.361. The number of amides is 2. The highest BCUT2D eigenvalue weighted by Gasteiger charge is 2.30. The number of hydrogen-bond donors (Lipinski definition) is 2. The molecular weight excluding hydrogens is 331 g/mol. The number of anilines is 1. The molecule has 1 fully saturated rings. The molecule has 1 aliphatic rings. The summed E-state index contributed by atoms with van der Waals surface area (Å²) in [6.45, 7) is 1.44. The molecule has 0 radical (unpaired) electrons. The molecule has 1 aromatic rings. The summed E-state index contributed by atoms with van der Waals surface area (Å²) in [4.78, 5) is 34.9. The van der Waals surface area contributed by atoms with Crippen LogP contribution in [-0.2, 0) is 19.1 Å². The minimum atomic E-state index is -1.01. The molecule has 0 unspecified atom stereocenters. The van der Waals surface area contributed by atoms with Gasteiger partial charge in [-0.25, -0.2) is 4.79 Å². The average molecular weight is 345 g/mol. The maximum Gasteiger partial charge on any atom is 0.329 e. The lowest BCUT2D eigenvalue weighted by Gasteiger charge is -2.16. The van der Waals surface area contributed by atoms with E-state index in [2.05, 4.69) is 10.6 Å². The van der Waals surface area contributed by atoms with E-state index in [0.29, 0.717) is 22.2 Å². The molecule has 0 saturated carbocycles. The molecule has 1 heterocycles. The van der Waals surface area contributed by atoms with Crippen LogP contribution < -0.4 is 10.6 Å². The Balaban J connectivity index is 1.91. The van der Waals surface area contributed by atoms with E-state index in [1.165, 1.54) is 25.1 Å². The van der Waals surface area contributed by atoms with E-state index < -0.39 is 24.0 Å². The lowest BCUT2D eigenvalue weighted by molar-refractivity contribution is -0.155. The molecule has 22 heavy (non-hydrogen) atoms. The van der Waals surface area contributed by atoms with Gasteiger partial charge < -0.3 is 15.4 Å². The summed E-state index contributed by atoms with van der Waals surface area (Å²) in [5, 5.41) is 5.79. The van der Waals surface area contributed by atoms with E-state index in [4.69, 9.17) is 27.9 Å². The van der Waals surface area contributed by atoms with Crippen LogP contribution in [0.3, 0.4) is 0 Å². The third-order valence-corrected chi connectivity index (χ3v) is 3.51. The first kappa shape index (κ1) is 16.6. The van der Waals surface area contributed by atoms with Crippen molar-refractivity contribution in [1.29, 1.82) is 0 Å². The highest BCUT2D eigenvalue weighted by molar-refractivity contribution is 6.35. The molecule has 2 rings (SSSR count). The van der Waals surface area contributed by atoms with Crippen LogP contribution in [0, 0.1) is 0 Å². The van der Waals surface area contributed by atoms with Gasteiger partial charge in [0.15, 0.2) is 6.10 Å². The van der Waals surface area contributed by atoms with Crippen molar-refractivity contribution >= 4 is 46.7 Å². The second-order valence-corrected chi connectivity index (χ2v) is 5.76. The molecule has 0 aliphatic carbocycles. The predicted molar refractivity (Wildman–Crippen MR) is 81.8 cm³/mol. The minimum absolute atomic E-state index is 0.201. The molecule has 1 aromatic carbocycles. The van der Waals surface area contributed by atoms with Crippen LogP contribution >= 0.6 is 23.2 Å². The Morgan fingerprint density at radius 1 is 1.32 bits per heavy atom. The van der Waals surface area contributed by atoms with E-state index in [9.17, 15) is 14.4 Å². The predicted octanol–water partition coefficient (Wildman–Crippen LogP) is 2.14. The van der Waals surface area contributed by atoms with Crippen molar-refractivity contribution in [3.8, 4) is 0 Å². The van der Waals surface area contributed by atoms with E-state index in [1.54, 1.807) is 0 Å². The molecule has 118 valence electrons. The van der Waals surface area contributed by atoms with Gasteiger partial charge in [0, 0.05) is 22.2 Å². The number of esters is 1. The molecule has 1 aliphatic heterocycles. The average Bonchev–Trinajstić information content (AvgIpc) is 2.84. The third-order valence-electron chi connectivity index (χ3n) is 3.07. The van der Waals surface area contributed by atoms with E-state index >= 15 is 0 Å². The second kappa shape index (κ2) is 6.98. The monoisotopic (exact) mass is 344 g/mol. The number of halogens is 2. The Labute approximate surface area is 137 Å². The molecule has 0 bridgehead atoms. The van der Waals surface area contributed by atoms with Gasteiger partial charge in [-0.3, -0.25) is 9.59 Å². The van der Waals surface area contributed by atoms with E-state index in [1.807, 2.05) is 0 Å². The van der Waals surface area contributed by atoms with Crippen molar-refractivity contribution in [1.82, 2.24) is 5.32 Å². The number of hydrogen-bond acceptors (Lipinski definition) is 4. The van der Waals surface area contributed by atoms with Crippen molar-refractivity contribution < 1.29 is 19.1 Å². The SMILES string of the molecule is C[C@@H](OC(=O)[C@H]1CCC(=O)N1)C(=O)Nc1cc(Cl)cc(Cl)c1. The zero-order valence-corrected chi connectivity index (χ0v) is 13.2. The van der Waals surface area contributed by atoms with Crippen molar-refractivity contribution in [2.45, 2.75) is 31.9 Å². The summed E-state index contributed by atoms with van der Waals surface area (Å²) in [5.41, 5.74) is 0.402. The number of nitrogens with one attached hydrogen (secondary N) is 2. The van der Waals surface area contributed by atoms with Crippen LogP contribution in [0.5, 0.6) is 0 Å². The van der Waals surface area contributed by atoms with Gasteiger partial charge in [-0.2, -0.15) is 0 Å². The van der Waals surface area contributed by atoms with Crippen LogP contribution in [0.25, 0.3) is 0 Å².